The summed E-state index contributed by atoms with van der Waals surface area (Å²) in [6.45, 7) is 7.03. The molecule has 4 nitrogen and oxygen atoms in total. The van der Waals surface area contributed by atoms with Crippen LogP contribution in [0.4, 0.5) is 0 Å². The third kappa shape index (κ3) is 14.3. The molecule has 0 radical (unpaired) electrons. The van der Waals surface area contributed by atoms with Crippen LogP contribution in [-0.4, -0.2) is 25.2 Å². The fourth-order valence-electron chi connectivity index (χ4n) is 2.24. The van der Waals surface area contributed by atoms with Gasteiger partial charge < -0.3 is 9.47 Å². The highest BCUT2D eigenvalue weighted by Gasteiger charge is 2.13. The van der Waals surface area contributed by atoms with Crippen LogP contribution in [-0.2, 0) is 19.1 Å². The molecule has 0 heterocycles. The zero-order valence-electron chi connectivity index (χ0n) is 15.4. The lowest BCUT2D eigenvalue weighted by molar-refractivity contribution is -0.149. The van der Waals surface area contributed by atoms with E-state index in [0.717, 1.165) is 44.9 Å². The molecular formula is C19H36O4. The van der Waals surface area contributed by atoms with Gasteiger partial charge in [0.25, 0.3) is 0 Å². The maximum absolute atomic E-state index is 11.6. The zero-order chi connectivity index (χ0) is 17.3. The molecule has 0 aromatic carbocycles. The molecule has 23 heavy (non-hydrogen) atoms. The first-order chi connectivity index (χ1) is 11.1. The number of hydrogen-bond donors (Lipinski definition) is 0. The first kappa shape index (κ1) is 21.9. The van der Waals surface area contributed by atoms with Crippen molar-refractivity contribution in [2.45, 2.75) is 91.4 Å². The van der Waals surface area contributed by atoms with Gasteiger partial charge in [0.1, 0.15) is 0 Å². The van der Waals surface area contributed by atoms with Crippen molar-refractivity contribution in [1.29, 1.82) is 0 Å². The fraction of sp³-hybridized carbons (Fsp3) is 0.895. The van der Waals surface area contributed by atoms with Crippen molar-refractivity contribution in [3.63, 3.8) is 0 Å². The van der Waals surface area contributed by atoms with Gasteiger partial charge >= 0.3 is 11.9 Å². The lowest BCUT2D eigenvalue weighted by Gasteiger charge is -2.15. The van der Waals surface area contributed by atoms with Crippen LogP contribution in [0.25, 0.3) is 0 Å². The van der Waals surface area contributed by atoms with E-state index in [-0.39, 0.29) is 17.9 Å². The Bertz CT molecular complexity index is 274. The highest BCUT2D eigenvalue weighted by Crippen LogP contribution is 2.09. The van der Waals surface area contributed by atoms with E-state index in [9.17, 15) is 9.59 Å². The Kier molecular flexibility index (Phi) is 15.1. The largest absolute Gasteiger partial charge is 0.465 e. The Hall–Kier alpha value is -1.06. The van der Waals surface area contributed by atoms with E-state index in [4.69, 9.17) is 9.47 Å². The monoisotopic (exact) mass is 328 g/mol. The molecule has 0 bridgehead atoms. The molecule has 0 fully saturated rings. The summed E-state index contributed by atoms with van der Waals surface area (Å²) in [4.78, 5) is 23.3. The van der Waals surface area contributed by atoms with E-state index in [2.05, 4.69) is 13.8 Å². The Morgan fingerprint density at radius 3 is 1.48 bits per heavy atom. The number of esters is 2. The summed E-state index contributed by atoms with van der Waals surface area (Å²) in [5, 5.41) is 0. The van der Waals surface area contributed by atoms with Gasteiger partial charge in [-0.25, -0.2) is 0 Å². The van der Waals surface area contributed by atoms with Crippen molar-refractivity contribution in [3.05, 3.63) is 0 Å². The van der Waals surface area contributed by atoms with Crippen LogP contribution in [0.15, 0.2) is 0 Å². The molecular weight excluding hydrogens is 292 g/mol. The molecule has 0 N–H and O–H groups in total. The highest BCUT2D eigenvalue weighted by molar-refractivity contribution is 5.69. The average Bonchev–Trinajstić information content (AvgIpc) is 2.55. The first-order valence-electron chi connectivity index (χ1n) is 9.45. The maximum atomic E-state index is 11.6. The van der Waals surface area contributed by atoms with Crippen LogP contribution < -0.4 is 0 Å². The quantitative estimate of drug-likeness (QED) is 0.312. The van der Waals surface area contributed by atoms with Crippen LogP contribution in [0, 0.1) is 5.92 Å². The summed E-state index contributed by atoms with van der Waals surface area (Å²) in [6.07, 6.45) is 10.4. The van der Waals surface area contributed by atoms with Gasteiger partial charge in [0.05, 0.1) is 13.2 Å². The van der Waals surface area contributed by atoms with Crippen LogP contribution >= 0.6 is 0 Å². The van der Waals surface area contributed by atoms with Crippen molar-refractivity contribution in [2.24, 2.45) is 5.92 Å². The number of carbonyl (C=O) groups is 2. The first-order valence-corrected chi connectivity index (χ1v) is 9.45. The van der Waals surface area contributed by atoms with Gasteiger partial charge in [-0.1, -0.05) is 59.3 Å². The lowest BCUT2D eigenvalue weighted by atomic mass is 10.1. The molecule has 0 spiro atoms. The van der Waals surface area contributed by atoms with Gasteiger partial charge in [0.15, 0.2) is 0 Å². The molecule has 0 aliphatic rings. The molecule has 0 aromatic heterocycles. The molecule has 0 atom stereocenters. The third-order valence-corrected chi connectivity index (χ3v) is 4.01. The molecule has 0 aliphatic heterocycles. The predicted molar refractivity (Wildman–Crippen MR) is 93.2 cm³/mol. The van der Waals surface area contributed by atoms with Crippen molar-refractivity contribution >= 4 is 11.9 Å². The molecule has 0 saturated carbocycles. The number of unbranched alkanes of at least 4 members (excludes halogenated alkanes) is 6. The molecule has 0 aliphatic carbocycles. The molecule has 0 rings (SSSR count). The Morgan fingerprint density at radius 2 is 1.13 bits per heavy atom. The Labute approximate surface area is 142 Å². The van der Waals surface area contributed by atoms with E-state index in [0.29, 0.717) is 26.1 Å². The van der Waals surface area contributed by atoms with Gasteiger partial charge in [-0.15, -0.1) is 0 Å². The van der Waals surface area contributed by atoms with E-state index >= 15 is 0 Å². The predicted octanol–water partition coefficient (Wildman–Crippen LogP) is 5.04. The minimum absolute atomic E-state index is 0.106. The van der Waals surface area contributed by atoms with E-state index in [1.165, 1.54) is 12.8 Å². The van der Waals surface area contributed by atoms with E-state index in [1.54, 1.807) is 0 Å². The number of carbonyl (C=O) groups excluding carboxylic acids is 2. The molecule has 4 heteroatoms. The second-order valence-electron chi connectivity index (χ2n) is 6.26. The highest BCUT2D eigenvalue weighted by atomic mass is 16.5. The van der Waals surface area contributed by atoms with Crippen molar-refractivity contribution in [3.8, 4) is 0 Å². The summed E-state index contributed by atoms with van der Waals surface area (Å²) in [6, 6.07) is 0. The summed E-state index contributed by atoms with van der Waals surface area (Å²) >= 11 is 0. The van der Waals surface area contributed by atoms with Gasteiger partial charge in [-0.2, -0.15) is 0 Å². The van der Waals surface area contributed by atoms with Crippen LogP contribution in [0.5, 0.6) is 0 Å². The van der Waals surface area contributed by atoms with E-state index < -0.39 is 0 Å². The number of hydrogen-bond acceptors (Lipinski definition) is 4. The lowest BCUT2D eigenvalue weighted by Crippen LogP contribution is -2.20. The van der Waals surface area contributed by atoms with Crippen LogP contribution in [0.2, 0.25) is 0 Å². The Balaban J connectivity index is 3.72. The van der Waals surface area contributed by atoms with Crippen LogP contribution in [0.3, 0.4) is 0 Å². The molecule has 136 valence electrons. The summed E-state index contributed by atoms with van der Waals surface area (Å²) in [5.74, 6) is -0.162. The topological polar surface area (TPSA) is 52.6 Å². The van der Waals surface area contributed by atoms with Gasteiger partial charge in [0, 0.05) is 18.8 Å². The zero-order valence-corrected chi connectivity index (χ0v) is 15.4. The minimum atomic E-state index is -0.134. The fourth-order valence-corrected chi connectivity index (χ4v) is 2.24. The number of rotatable bonds is 15. The molecule has 0 amide bonds. The summed E-state index contributed by atoms with van der Waals surface area (Å²) < 4.78 is 10.6. The molecule has 0 aromatic rings. The number of ether oxygens (including phenoxy) is 2. The average molecular weight is 328 g/mol. The van der Waals surface area contributed by atoms with Crippen molar-refractivity contribution < 1.29 is 19.1 Å². The maximum Gasteiger partial charge on any atom is 0.305 e. The van der Waals surface area contributed by atoms with Crippen LogP contribution in [0.1, 0.15) is 91.4 Å². The third-order valence-electron chi connectivity index (χ3n) is 4.01. The van der Waals surface area contributed by atoms with Gasteiger partial charge in [-0.05, 0) is 19.3 Å². The van der Waals surface area contributed by atoms with Gasteiger partial charge in [-0.3, -0.25) is 9.59 Å². The normalized spacial score (nSPS) is 10.8. The standard InChI is InChI=1S/C19H36O4/c1-4-7-9-11-13-18(20)22-15-17(6-3)16-23-19(21)14-12-10-8-5-2/h17H,4-16H2,1-3H3. The molecule has 0 saturated heterocycles. The molecule has 0 unspecified atom stereocenters. The van der Waals surface area contributed by atoms with Crippen molar-refractivity contribution in [1.82, 2.24) is 0 Å². The summed E-state index contributed by atoms with van der Waals surface area (Å²) in [5.41, 5.74) is 0. The van der Waals surface area contributed by atoms with E-state index in [1.807, 2.05) is 6.92 Å². The second-order valence-corrected chi connectivity index (χ2v) is 6.26. The minimum Gasteiger partial charge on any atom is -0.465 e. The smallest absolute Gasteiger partial charge is 0.305 e. The van der Waals surface area contributed by atoms with Crippen molar-refractivity contribution in [2.75, 3.05) is 13.2 Å². The SMILES string of the molecule is CCCCCCC(=O)OCC(CC)COC(=O)CCCCCC. The van der Waals surface area contributed by atoms with Gasteiger partial charge in [0.2, 0.25) is 0 Å². The second kappa shape index (κ2) is 15.8. The summed E-state index contributed by atoms with van der Waals surface area (Å²) in [7, 11) is 0. The Morgan fingerprint density at radius 1 is 0.696 bits per heavy atom.